The summed E-state index contributed by atoms with van der Waals surface area (Å²) in [5.41, 5.74) is 1.42. The number of rotatable bonds is 6. The molecule has 0 radical (unpaired) electrons. The second-order valence-corrected chi connectivity index (χ2v) is 10.3. The van der Waals surface area contributed by atoms with E-state index in [4.69, 9.17) is 9.47 Å². The minimum atomic E-state index is -0.522. The molecule has 0 N–H and O–H groups in total. The Bertz CT molecular complexity index is 951. The molecule has 2 aromatic carbocycles. The highest BCUT2D eigenvalue weighted by Gasteiger charge is 2.30. The molecule has 1 aliphatic rings. The van der Waals surface area contributed by atoms with Gasteiger partial charge < -0.3 is 19.3 Å². The topological polar surface area (TPSA) is 59.1 Å². The van der Waals surface area contributed by atoms with Crippen molar-refractivity contribution in [3.05, 3.63) is 64.1 Å². The van der Waals surface area contributed by atoms with Crippen LogP contribution in [0.15, 0.2) is 53.0 Å². The fourth-order valence-electron chi connectivity index (χ4n) is 3.82. The molecule has 1 saturated heterocycles. The van der Waals surface area contributed by atoms with Crippen molar-refractivity contribution in [2.75, 3.05) is 20.1 Å². The third-order valence-electron chi connectivity index (χ3n) is 5.65. The van der Waals surface area contributed by atoms with Crippen molar-refractivity contribution in [3.63, 3.8) is 0 Å². The highest BCUT2D eigenvalue weighted by Crippen LogP contribution is 2.26. The molecule has 1 heterocycles. The summed E-state index contributed by atoms with van der Waals surface area (Å²) in [6.45, 7) is 7.26. The second-order valence-electron chi connectivity index (χ2n) is 9.41. The fourth-order valence-corrected chi connectivity index (χ4v) is 4.23. The van der Waals surface area contributed by atoms with Gasteiger partial charge in [-0.3, -0.25) is 4.79 Å². The van der Waals surface area contributed by atoms with Gasteiger partial charge in [0, 0.05) is 36.2 Å². The van der Waals surface area contributed by atoms with Gasteiger partial charge in [-0.1, -0.05) is 46.3 Å². The standard InChI is InChI=1S/C26H33BrN2O4/c1-26(2,3)33-25(31)28(4)22-12-14-29(15-13-22)24(30)17-20-16-21(27)10-11-23(20)32-18-19-8-6-5-7-9-19/h5-11,16,22H,12-15,17-18H2,1-4H3. The van der Waals surface area contributed by atoms with Gasteiger partial charge >= 0.3 is 6.09 Å². The van der Waals surface area contributed by atoms with Crippen LogP contribution in [0.4, 0.5) is 4.79 Å². The summed E-state index contributed by atoms with van der Waals surface area (Å²) in [6.07, 6.45) is 1.42. The first-order valence-electron chi connectivity index (χ1n) is 11.3. The summed E-state index contributed by atoms with van der Waals surface area (Å²) in [4.78, 5) is 28.9. The first-order chi connectivity index (χ1) is 15.6. The first-order valence-corrected chi connectivity index (χ1v) is 12.1. The number of nitrogens with zero attached hydrogens (tertiary/aromatic N) is 2. The second kappa shape index (κ2) is 11.1. The van der Waals surface area contributed by atoms with E-state index in [1.807, 2.05) is 74.2 Å². The Morgan fingerprint density at radius 1 is 1.09 bits per heavy atom. The third kappa shape index (κ3) is 7.49. The van der Waals surface area contributed by atoms with Crippen molar-refractivity contribution in [2.45, 2.75) is 58.3 Å². The Kier molecular flexibility index (Phi) is 8.40. The summed E-state index contributed by atoms with van der Waals surface area (Å²) in [6, 6.07) is 15.8. The maximum atomic E-state index is 13.1. The van der Waals surface area contributed by atoms with E-state index < -0.39 is 5.60 Å². The number of ether oxygens (including phenoxy) is 2. The van der Waals surface area contributed by atoms with Crippen LogP contribution in [-0.4, -0.2) is 53.6 Å². The van der Waals surface area contributed by atoms with Gasteiger partial charge in [0.25, 0.3) is 0 Å². The van der Waals surface area contributed by atoms with E-state index in [2.05, 4.69) is 15.9 Å². The molecule has 6 nitrogen and oxygen atoms in total. The van der Waals surface area contributed by atoms with Crippen LogP contribution in [0.3, 0.4) is 0 Å². The number of benzene rings is 2. The predicted octanol–water partition coefficient (Wildman–Crippen LogP) is 5.43. The number of carbonyl (C=O) groups excluding carboxylic acids is 2. The molecule has 0 spiro atoms. The van der Waals surface area contributed by atoms with E-state index in [0.29, 0.717) is 19.7 Å². The predicted molar refractivity (Wildman–Crippen MR) is 132 cm³/mol. The summed E-state index contributed by atoms with van der Waals surface area (Å²) >= 11 is 3.51. The highest BCUT2D eigenvalue weighted by molar-refractivity contribution is 9.10. The lowest BCUT2D eigenvalue weighted by Gasteiger charge is -2.37. The molecule has 33 heavy (non-hydrogen) atoms. The molecular weight excluding hydrogens is 484 g/mol. The van der Waals surface area contributed by atoms with Crippen molar-refractivity contribution in [1.82, 2.24) is 9.80 Å². The molecule has 0 saturated carbocycles. The Hall–Kier alpha value is -2.54. The van der Waals surface area contributed by atoms with Crippen molar-refractivity contribution in [3.8, 4) is 5.75 Å². The van der Waals surface area contributed by atoms with Gasteiger partial charge in [0.1, 0.15) is 18.0 Å². The molecular formula is C26H33BrN2O4. The molecule has 178 valence electrons. The SMILES string of the molecule is CN(C(=O)OC(C)(C)C)C1CCN(C(=O)Cc2cc(Br)ccc2OCc2ccccc2)CC1. The van der Waals surface area contributed by atoms with E-state index in [-0.39, 0.29) is 24.5 Å². The lowest BCUT2D eigenvalue weighted by Crippen LogP contribution is -2.48. The summed E-state index contributed by atoms with van der Waals surface area (Å²) < 4.78 is 12.4. The Morgan fingerprint density at radius 2 is 1.76 bits per heavy atom. The monoisotopic (exact) mass is 516 g/mol. The van der Waals surface area contributed by atoms with Crippen LogP contribution in [0.5, 0.6) is 5.75 Å². The number of carbonyl (C=O) groups is 2. The molecule has 0 bridgehead atoms. The van der Waals surface area contributed by atoms with Gasteiger partial charge in [-0.25, -0.2) is 4.79 Å². The molecule has 3 rings (SSSR count). The molecule has 0 aromatic heterocycles. The molecule has 1 fully saturated rings. The number of halogens is 1. The minimum Gasteiger partial charge on any atom is -0.489 e. The smallest absolute Gasteiger partial charge is 0.410 e. The largest absolute Gasteiger partial charge is 0.489 e. The summed E-state index contributed by atoms with van der Waals surface area (Å²) in [5, 5.41) is 0. The first kappa shape index (κ1) is 25.1. The molecule has 2 aromatic rings. The zero-order valence-electron chi connectivity index (χ0n) is 19.8. The van der Waals surface area contributed by atoms with Crippen LogP contribution in [0.1, 0.15) is 44.7 Å². The lowest BCUT2D eigenvalue weighted by atomic mass is 10.0. The zero-order valence-corrected chi connectivity index (χ0v) is 21.4. The molecule has 0 atom stereocenters. The minimum absolute atomic E-state index is 0.0658. The van der Waals surface area contributed by atoms with Crippen LogP contribution >= 0.6 is 15.9 Å². The van der Waals surface area contributed by atoms with E-state index in [1.165, 1.54) is 0 Å². The fraction of sp³-hybridized carbons (Fsp3) is 0.462. The Labute approximate surface area is 205 Å². The van der Waals surface area contributed by atoms with E-state index in [1.54, 1.807) is 11.9 Å². The van der Waals surface area contributed by atoms with Gasteiger partial charge in [0.2, 0.25) is 5.91 Å². The molecule has 2 amide bonds. The van der Waals surface area contributed by atoms with Crippen LogP contribution in [0.2, 0.25) is 0 Å². The molecule has 0 aliphatic carbocycles. The average molecular weight is 517 g/mol. The highest BCUT2D eigenvalue weighted by atomic mass is 79.9. The van der Waals surface area contributed by atoms with Gasteiger partial charge in [0.15, 0.2) is 0 Å². The number of likely N-dealkylation sites (tertiary alicyclic amines) is 1. The Morgan fingerprint density at radius 3 is 2.39 bits per heavy atom. The number of piperidine rings is 1. The van der Waals surface area contributed by atoms with Crippen LogP contribution in [0, 0.1) is 0 Å². The molecule has 1 aliphatic heterocycles. The van der Waals surface area contributed by atoms with E-state index in [9.17, 15) is 9.59 Å². The Balaban J connectivity index is 1.56. The average Bonchev–Trinajstić information content (AvgIpc) is 2.77. The third-order valence-corrected chi connectivity index (χ3v) is 6.14. The summed E-state index contributed by atoms with van der Waals surface area (Å²) in [7, 11) is 1.77. The van der Waals surface area contributed by atoms with Gasteiger partial charge in [-0.2, -0.15) is 0 Å². The zero-order chi connectivity index (χ0) is 24.0. The molecule has 0 unspecified atom stereocenters. The number of amides is 2. The van der Waals surface area contributed by atoms with Gasteiger partial charge in [0.05, 0.1) is 6.42 Å². The lowest BCUT2D eigenvalue weighted by molar-refractivity contribution is -0.131. The van der Waals surface area contributed by atoms with Crippen molar-refractivity contribution >= 4 is 27.9 Å². The van der Waals surface area contributed by atoms with Gasteiger partial charge in [-0.05, 0) is 57.4 Å². The summed E-state index contributed by atoms with van der Waals surface area (Å²) in [5.74, 6) is 0.783. The van der Waals surface area contributed by atoms with Crippen molar-refractivity contribution in [1.29, 1.82) is 0 Å². The maximum absolute atomic E-state index is 13.1. The number of hydrogen-bond acceptors (Lipinski definition) is 4. The van der Waals surface area contributed by atoms with Gasteiger partial charge in [-0.15, -0.1) is 0 Å². The van der Waals surface area contributed by atoms with Crippen LogP contribution < -0.4 is 4.74 Å². The maximum Gasteiger partial charge on any atom is 0.410 e. The van der Waals surface area contributed by atoms with E-state index >= 15 is 0 Å². The van der Waals surface area contributed by atoms with Crippen molar-refractivity contribution in [2.24, 2.45) is 0 Å². The molecule has 7 heteroatoms. The van der Waals surface area contributed by atoms with E-state index in [0.717, 1.165) is 34.2 Å². The van der Waals surface area contributed by atoms with Crippen molar-refractivity contribution < 1.29 is 19.1 Å². The van der Waals surface area contributed by atoms with Crippen LogP contribution in [0.25, 0.3) is 0 Å². The quantitative estimate of drug-likeness (QED) is 0.513. The number of hydrogen-bond donors (Lipinski definition) is 0. The van der Waals surface area contributed by atoms with Crippen LogP contribution in [-0.2, 0) is 22.6 Å². The normalized spacial score (nSPS) is 14.6.